The molecule has 3 nitrogen and oxygen atoms in total. The zero-order chi connectivity index (χ0) is 14.5. The monoisotopic (exact) mass is 274 g/mol. The highest BCUT2D eigenvalue weighted by atomic mass is 16.7. The van der Waals surface area contributed by atoms with Crippen LogP contribution in [0.25, 0.3) is 0 Å². The van der Waals surface area contributed by atoms with Crippen molar-refractivity contribution in [1.29, 1.82) is 0 Å². The summed E-state index contributed by atoms with van der Waals surface area (Å²) in [6.07, 6.45) is 1.15. The van der Waals surface area contributed by atoms with E-state index in [4.69, 9.17) is 14.0 Å². The zero-order valence-electron chi connectivity index (χ0n) is 13.0. The second-order valence-electron chi connectivity index (χ2n) is 6.81. The Balaban J connectivity index is 1.90. The first kappa shape index (κ1) is 14.1. The van der Waals surface area contributed by atoms with Crippen molar-refractivity contribution in [2.24, 2.45) is 0 Å². The van der Waals surface area contributed by atoms with Crippen LogP contribution in [0.1, 0.15) is 51.8 Å². The van der Waals surface area contributed by atoms with Crippen molar-refractivity contribution in [2.45, 2.75) is 58.3 Å². The highest BCUT2D eigenvalue weighted by Crippen LogP contribution is 2.36. The summed E-state index contributed by atoms with van der Waals surface area (Å²) in [6, 6.07) is 6.47. The molecule has 0 aromatic heterocycles. The molecule has 1 aromatic carbocycles. The van der Waals surface area contributed by atoms with Gasteiger partial charge in [0.2, 0.25) is 0 Å². The molecule has 4 heteroatoms. The number of rotatable bonds is 1. The first-order chi connectivity index (χ1) is 9.30. The van der Waals surface area contributed by atoms with Crippen LogP contribution < -0.4 is 5.46 Å². The van der Waals surface area contributed by atoms with Crippen LogP contribution in [0.2, 0.25) is 0 Å². The molecule has 1 aromatic rings. The van der Waals surface area contributed by atoms with Gasteiger partial charge in [-0.1, -0.05) is 18.2 Å². The van der Waals surface area contributed by atoms with Crippen LogP contribution in [-0.2, 0) is 20.5 Å². The second-order valence-corrected chi connectivity index (χ2v) is 6.81. The average Bonchev–Trinajstić information content (AvgIpc) is 2.58. The first-order valence-corrected chi connectivity index (χ1v) is 7.40. The third-order valence-corrected chi connectivity index (χ3v) is 4.87. The molecule has 1 unspecified atom stereocenters. The number of benzene rings is 1. The van der Waals surface area contributed by atoms with E-state index in [1.54, 1.807) is 0 Å². The van der Waals surface area contributed by atoms with Crippen molar-refractivity contribution in [2.75, 3.05) is 6.61 Å². The smallest absolute Gasteiger partial charge is 0.399 e. The molecule has 2 aliphatic rings. The zero-order valence-corrected chi connectivity index (χ0v) is 13.0. The van der Waals surface area contributed by atoms with Crippen LogP contribution >= 0.6 is 0 Å². The fourth-order valence-corrected chi connectivity index (χ4v) is 2.80. The van der Waals surface area contributed by atoms with Gasteiger partial charge in [-0.05, 0) is 57.6 Å². The summed E-state index contributed by atoms with van der Waals surface area (Å²) >= 11 is 0. The van der Waals surface area contributed by atoms with Crippen molar-refractivity contribution < 1.29 is 14.0 Å². The highest BCUT2D eigenvalue weighted by Gasteiger charge is 2.51. The fraction of sp³-hybridized carbons (Fsp3) is 0.625. The maximum absolute atomic E-state index is 6.11. The van der Waals surface area contributed by atoms with Gasteiger partial charge in [0.1, 0.15) is 0 Å². The minimum atomic E-state index is -0.288. The first-order valence-electron chi connectivity index (χ1n) is 7.40. The molecular weight excluding hydrogens is 251 g/mol. The molecule has 0 N–H and O–H groups in total. The lowest BCUT2D eigenvalue weighted by atomic mass is 9.77. The lowest BCUT2D eigenvalue weighted by Crippen LogP contribution is -2.41. The van der Waals surface area contributed by atoms with E-state index >= 15 is 0 Å². The van der Waals surface area contributed by atoms with Gasteiger partial charge in [-0.25, -0.2) is 0 Å². The van der Waals surface area contributed by atoms with Crippen LogP contribution in [0.5, 0.6) is 0 Å². The van der Waals surface area contributed by atoms with E-state index in [1.165, 1.54) is 11.1 Å². The van der Waals surface area contributed by atoms with E-state index in [-0.39, 0.29) is 24.4 Å². The summed E-state index contributed by atoms with van der Waals surface area (Å²) in [7, 11) is -0.275. The molecule has 0 bridgehead atoms. The van der Waals surface area contributed by atoms with Crippen LogP contribution in [0.3, 0.4) is 0 Å². The quantitative estimate of drug-likeness (QED) is 0.737. The molecule has 1 saturated heterocycles. The lowest BCUT2D eigenvalue weighted by molar-refractivity contribution is 0.00578. The Labute approximate surface area is 121 Å². The van der Waals surface area contributed by atoms with Gasteiger partial charge in [-0.2, -0.15) is 0 Å². The third-order valence-electron chi connectivity index (χ3n) is 4.87. The predicted molar refractivity (Wildman–Crippen MR) is 80.2 cm³/mol. The molecule has 0 radical (unpaired) electrons. The van der Waals surface area contributed by atoms with E-state index in [0.29, 0.717) is 0 Å². The standard InChI is InChI=1S/C16H23BO3/c1-11-14-7-6-13(10-12(14)8-9-18-11)17-19-15(2,3)16(4,5)20-17/h6-7,10-11H,8-9H2,1-5H3. The number of ether oxygens (including phenoxy) is 1. The van der Waals surface area contributed by atoms with Crippen molar-refractivity contribution in [3.05, 3.63) is 29.3 Å². The minimum absolute atomic E-state index is 0.186. The van der Waals surface area contributed by atoms with E-state index in [0.717, 1.165) is 18.5 Å². The molecule has 0 spiro atoms. The summed E-state index contributed by atoms with van der Waals surface area (Å²) in [5.41, 5.74) is 3.18. The molecule has 1 atom stereocenters. The van der Waals surface area contributed by atoms with E-state index in [2.05, 4.69) is 52.8 Å². The van der Waals surface area contributed by atoms with Crippen LogP contribution in [0.15, 0.2) is 18.2 Å². The molecule has 3 rings (SSSR count). The second kappa shape index (κ2) is 4.59. The van der Waals surface area contributed by atoms with Gasteiger partial charge in [0.25, 0.3) is 0 Å². The SMILES string of the molecule is CC1OCCc2cc(B3OC(C)(C)C(C)(C)O3)ccc21. The molecule has 2 aliphatic heterocycles. The number of hydrogen-bond acceptors (Lipinski definition) is 3. The number of fused-ring (bicyclic) bond motifs is 1. The van der Waals surface area contributed by atoms with Crippen LogP contribution in [-0.4, -0.2) is 24.9 Å². The molecule has 2 heterocycles. The Morgan fingerprint density at radius 3 is 2.40 bits per heavy atom. The van der Waals surface area contributed by atoms with Gasteiger partial charge in [0, 0.05) is 0 Å². The highest BCUT2D eigenvalue weighted by molar-refractivity contribution is 6.62. The predicted octanol–water partition coefficient (Wildman–Crippen LogP) is 2.62. The Hall–Kier alpha value is -0.835. The molecule has 0 saturated carbocycles. The van der Waals surface area contributed by atoms with Gasteiger partial charge in [-0.15, -0.1) is 0 Å². The molecule has 0 aliphatic carbocycles. The van der Waals surface area contributed by atoms with Gasteiger partial charge < -0.3 is 14.0 Å². The summed E-state index contributed by atoms with van der Waals surface area (Å²) < 4.78 is 17.9. The largest absolute Gasteiger partial charge is 0.494 e. The molecule has 20 heavy (non-hydrogen) atoms. The summed E-state index contributed by atoms with van der Waals surface area (Å²) in [5.74, 6) is 0. The van der Waals surface area contributed by atoms with Gasteiger partial charge in [-0.3, -0.25) is 0 Å². The lowest BCUT2D eigenvalue weighted by Gasteiger charge is -2.32. The van der Waals surface area contributed by atoms with E-state index in [9.17, 15) is 0 Å². The van der Waals surface area contributed by atoms with E-state index < -0.39 is 0 Å². The maximum atomic E-state index is 6.11. The summed E-state index contributed by atoms with van der Waals surface area (Å²) in [5, 5.41) is 0. The fourth-order valence-electron chi connectivity index (χ4n) is 2.80. The van der Waals surface area contributed by atoms with Gasteiger partial charge in [0.15, 0.2) is 0 Å². The summed E-state index contributed by atoms with van der Waals surface area (Å²) in [4.78, 5) is 0. The minimum Gasteiger partial charge on any atom is -0.399 e. The van der Waals surface area contributed by atoms with Crippen molar-refractivity contribution >= 4 is 12.6 Å². The molecule has 0 amide bonds. The average molecular weight is 274 g/mol. The van der Waals surface area contributed by atoms with Crippen LogP contribution in [0.4, 0.5) is 0 Å². The molecular formula is C16H23BO3. The van der Waals surface area contributed by atoms with Crippen molar-refractivity contribution in [3.63, 3.8) is 0 Å². The van der Waals surface area contributed by atoms with E-state index in [1.807, 2.05) is 0 Å². The van der Waals surface area contributed by atoms with Gasteiger partial charge in [0.05, 0.1) is 23.9 Å². The van der Waals surface area contributed by atoms with Crippen molar-refractivity contribution in [3.8, 4) is 0 Å². The molecule has 1 fully saturated rings. The topological polar surface area (TPSA) is 27.7 Å². The Morgan fingerprint density at radius 1 is 1.10 bits per heavy atom. The summed E-state index contributed by atoms with van der Waals surface area (Å²) in [6.45, 7) is 11.2. The van der Waals surface area contributed by atoms with Crippen molar-refractivity contribution in [1.82, 2.24) is 0 Å². The Kier molecular flexibility index (Phi) is 3.24. The maximum Gasteiger partial charge on any atom is 0.494 e. The van der Waals surface area contributed by atoms with Crippen LogP contribution in [0, 0.1) is 0 Å². The normalized spacial score (nSPS) is 27.4. The Bertz CT molecular complexity index is 508. The number of hydrogen-bond donors (Lipinski definition) is 0. The molecule has 108 valence electrons. The third kappa shape index (κ3) is 2.20. The Morgan fingerprint density at radius 2 is 1.75 bits per heavy atom. The van der Waals surface area contributed by atoms with Gasteiger partial charge >= 0.3 is 7.12 Å².